The summed E-state index contributed by atoms with van der Waals surface area (Å²) < 4.78 is 0. The van der Waals surface area contributed by atoms with Gasteiger partial charge in [-0.15, -0.1) is 0 Å². The number of nitrogens with one attached hydrogen (secondary N) is 1. The highest BCUT2D eigenvalue weighted by molar-refractivity contribution is 6.03. The number of hydrogen-bond acceptors (Lipinski definition) is 5. The standard InChI is InChI=1S/C15H17N3O3/c1-9(19)18(10-6-5-7-16-8-10)12-11(13(20)14(12)21)17-15(2,3)4/h5-8,17H,1-4H3. The van der Waals surface area contributed by atoms with Crippen LogP contribution < -0.4 is 21.1 Å². The van der Waals surface area contributed by atoms with Gasteiger partial charge < -0.3 is 5.32 Å². The molecule has 0 radical (unpaired) electrons. The van der Waals surface area contributed by atoms with Crippen molar-refractivity contribution in [3.05, 3.63) is 45.0 Å². The Morgan fingerprint density at radius 1 is 1.24 bits per heavy atom. The first-order valence-electron chi connectivity index (χ1n) is 6.54. The summed E-state index contributed by atoms with van der Waals surface area (Å²) in [6, 6.07) is 3.32. The monoisotopic (exact) mass is 287 g/mol. The van der Waals surface area contributed by atoms with Crippen molar-refractivity contribution in [3.8, 4) is 0 Å². The van der Waals surface area contributed by atoms with Gasteiger partial charge in [0.05, 0.1) is 11.9 Å². The van der Waals surface area contributed by atoms with Crippen LogP contribution in [-0.4, -0.2) is 16.4 Å². The van der Waals surface area contributed by atoms with Crippen molar-refractivity contribution >= 4 is 23.0 Å². The average molecular weight is 287 g/mol. The van der Waals surface area contributed by atoms with E-state index in [1.165, 1.54) is 18.0 Å². The zero-order valence-electron chi connectivity index (χ0n) is 12.4. The van der Waals surface area contributed by atoms with Crippen molar-refractivity contribution in [2.45, 2.75) is 33.2 Å². The Balaban J connectivity index is 2.54. The summed E-state index contributed by atoms with van der Waals surface area (Å²) in [5.41, 5.74) is -0.958. The third-order valence-electron chi connectivity index (χ3n) is 2.83. The predicted octanol–water partition coefficient (Wildman–Crippen LogP) is 1.57. The lowest BCUT2D eigenvalue weighted by atomic mass is 10.0. The lowest BCUT2D eigenvalue weighted by molar-refractivity contribution is -0.115. The predicted molar refractivity (Wildman–Crippen MR) is 81.8 cm³/mol. The zero-order valence-corrected chi connectivity index (χ0v) is 12.4. The van der Waals surface area contributed by atoms with E-state index in [0.717, 1.165) is 0 Å². The molecule has 1 aromatic carbocycles. The quantitative estimate of drug-likeness (QED) is 0.867. The number of nitrogens with zero attached hydrogens (tertiary/aromatic N) is 2. The van der Waals surface area contributed by atoms with Crippen molar-refractivity contribution in [2.75, 3.05) is 10.2 Å². The van der Waals surface area contributed by atoms with E-state index in [1.807, 2.05) is 20.8 Å². The fourth-order valence-electron chi connectivity index (χ4n) is 2.04. The number of carbonyl (C=O) groups excluding carboxylic acids is 1. The Kier molecular flexibility index (Phi) is 3.63. The van der Waals surface area contributed by atoms with E-state index in [9.17, 15) is 14.4 Å². The first-order valence-corrected chi connectivity index (χ1v) is 6.54. The number of anilines is 3. The molecule has 2 aromatic rings. The molecule has 1 heterocycles. The van der Waals surface area contributed by atoms with Gasteiger partial charge in [0, 0.05) is 18.7 Å². The summed E-state index contributed by atoms with van der Waals surface area (Å²) in [7, 11) is 0. The van der Waals surface area contributed by atoms with Gasteiger partial charge in [-0.05, 0) is 32.9 Å². The molecule has 0 spiro atoms. The highest BCUT2D eigenvalue weighted by Gasteiger charge is 2.31. The number of rotatable bonds is 3. The van der Waals surface area contributed by atoms with Crippen molar-refractivity contribution in [1.29, 1.82) is 0 Å². The van der Waals surface area contributed by atoms with Crippen LogP contribution in [0.4, 0.5) is 17.1 Å². The van der Waals surface area contributed by atoms with Crippen molar-refractivity contribution in [2.24, 2.45) is 0 Å². The fraction of sp³-hybridized carbons (Fsp3) is 0.333. The fourth-order valence-corrected chi connectivity index (χ4v) is 2.04. The molecule has 2 rings (SSSR count). The topological polar surface area (TPSA) is 79.4 Å². The Morgan fingerprint density at radius 2 is 1.90 bits per heavy atom. The summed E-state index contributed by atoms with van der Waals surface area (Å²) >= 11 is 0. The van der Waals surface area contributed by atoms with E-state index in [-0.39, 0.29) is 17.3 Å². The van der Waals surface area contributed by atoms with Crippen LogP contribution in [0.3, 0.4) is 0 Å². The van der Waals surface area contributed by atoms with E-state index >= 15 is 0 Å². The lowest BCUT2D eigenvalue weighted by Gasteiger charge is -2.29. The molecule has 0 fully saturated rings. The molecule has 0 aliphatic rings. The largest absolute Gasteiger partial charge is 0.375 e. The smallest absolute Gasteiger partial charge is 0.254 e. The Bertz CT molecular complexity index is 738. The second kappa shape index (κ2) is 5.12. The molecule has 1 amide bonds. The molecule has 6 nitrogen and oxygen atoms in total. The van der Waals surface area contributed by atoms with Gasteiger partial charge in [0.1, 0.15) is 11.4 Å². The van der Waals surface area contributed by atoms with E-state index in [1.54, 1.807) is 18.3 Å². The zero-order chi connectivity index (χ0) is 15.8. The molecule has 0 saturated heterocycles. The van der Waals surface area contributed by atoms with Gasteiger partial charge in [-0.25, -0.2) is 0 Å². The van der Waals surface area contributed by atoms with Gasteiger partial charge in [-0.1, -0.05) is 0 Å². The Labute approximate surface area is 122 Å². The number of carbonyl (C=O) groups is 1. The maximum Gasteiger partial charge on any atom is 0.254 e. The van der Waals surface area contributed by atoms with E-state index < -0.39 is 16.4 Å². The molecule has 0 unspecified atom stereocenters. The van der Waals surface area contributed by atoms with Crippen LogP contribution in [0.1, 0.15) is 27.7 Å². The summed E-state index contributed by atoms with van der Waals surface area (Å²) in [6.07, 6.45) is 3.04. The van der Waals surface area contributed by atoms with E-state index in [0.29, 0.717) is 5.69 Å². The van der Waals surface area contributed by atoms with Crippen LogP contribution in [-0.2, 0) is 4.79 Å². The van der Waals surface area contributed by atoms with Crippen molar-refractivity contribution in [3.63, 3.8) is 0 Å². The molecule has 0 aliphatic heterocycles. The van der Waals surface area contributed by atoms with Crippen molar-refractivity contribution < 1.29 is 4.79 Å². The Hall–Kier alpha value is -2.50. The van der Waals surface area contributed by atoms with Gasteiger partial charge in [0.15, 0.2) is 0 Å². The van der Waals surface area contributed by atoms with Crippen LogP contribution >= 0.6 is 0 Å². The Morgan fingerprint density at radius 3 is 2.38 bits per heavy atom. The molecular formula is C15H17N3O3. The van der Waals surface area contributed by atoms with Gasteiger partial charge in [-0.3, -0.25) is 24.3 Å². The summed E-state index contributed by atoms with van der Waals surface area (Å²) in [5, 5.41) is 2.99. The highest BCUT2D eigenvalue weighted by Crippen LogP contribution is 2.29. The molecule has 110 valence electrons. The summed E-state index contributed by atoms with van der Waals surface area (Å²) in [6.45, 7) is 6.95. The lowest BCUT2D eigenvalue weighted by Crippen LogP contribution is -2.45. The molecule has 1 N–H and O–H groups in total. The molecule has 6 heteroatoms. The molecule has 0 saturated carbocycles. The number of pyridine rings is 1. The van der Waals surface area contributed by atoms with Crippen molar-refractivity contribution in [1.82, 2.24) is 4.98 Å². The third-order valence-corrected chi connectivity index (χ3v) is 2.83. The maximum absolute atomic E-state index is 11.9. The van der Waals surface area contributed by atoms with Gasteiger partial charge >= 0.3 is 0 Å². The van der Waals surface area contributed by atoms with Gasteiger partial charge in [0.25, 0.3) is 10.9 Å². The number of aromatic nitrogens is 1. The minimum Gasteiger partial charge on any atom is -0.375 e. The molecule has 0 aliphatic carbocycles. The van der Waals surface area contributed by atoms with Gasteiger partial charge in [-0.2, -0.15) is 0 Å². The van der Waals surface area contributed by atoms with Crippen LogP contribution in [0.5, 0.6) is 0 Å². The highest BCUT2D eigenvalue weighted by atomic mass is 16.2. The van der Waals surface area contributed by atoms with Gasteiger partial charge in [0.2, 0.25) is 5.91 Å². The molecule has 0 atom stereocenters. The van der Waals surface area contributed by atoms with Crippen LogP contribution in [0.25, 0.3) is 0 Å². The van der Waals surface area contributed by atoms with E-state index in [2.05, 4.69) is 10.3 Å². The normalized spacial score (nSPS) is 11.4. The minimum absolute atomic E-state index is 0.0791. The molecule has 1 aromatic heterocycles. The minimum atomic E-state index is -0.666. The first-order chi connectivity index (χ1) is 9.72. The SMILES string of the molecule is CC(=O)N(c1cccnc1)c1c(NC(C)(C)C)c(=O)c1=O. The van der Waals surface area contributed by atoms with Crippen LogP contribution in [0.15, 0.2) is 34.1 Å². The van der Waals surface area contributed by atoms with Crippen LogP contribution in [0, 0.1) is 0 Å². The first kappa shape index (κ1) is 14.9. The van der Waals surface area contributed by atoms with Crippen LogP contribution in [0.2, 0.25) is 0 Å². The summed E-state index contributed by atoms with van der Waals surface area (Å²) in [4.78, 5) is 40.8. The maximum atomic E-state index is 11.9. The second-order valence-electron chi connectivity index (χ2n) is 5.82. The third kappa shape index (κ3) is 2.84. The van der Waals surface area contributed by atoms with E-state index in [4.69, 9.17) is 0 Å². The molecule has 0 bridgehead atoms. The summed E-state index contributed by atoms with van der Waals surface area (Å²) in [5.74, 6) is -0.355. The second-order valence-corrected chi connectivity index (χ2v) is 5.82. The number of hydrogen-bond donors (Lipinski definition) is 1. The molecule has 21 heavy (non-hydrogen) atoms. The number of amides is 1. The average Bonchev–Trinajstić information content (AvgIpc) is 2.41. The molecular weight excluding hydrogens is 270 g/mol.